The molecule has 0 radical (unpaired) electrons. The van der Waals surface area contributed by atoms with Crippen molar-refractivity contribution in [1.82, 2.24) is 0 Å². The molecule has 5 nitrogen and oxygen atoms in total. The first-order valence-electron chi connectivity index (χ1n) is 6.25. The molecule has 1 atom stereocenters. The first kappa shape index (κ1) is 14.5. The second kappa shape index (κ2) is 5.20. The van der Waals surface area contributed by atoms with Gasteiger partial charge in [0.15, 0.2) is 5.60 Å². The molecule has 0 aromatic heterocycles. The van der Waals surface area contributed by atoms with Crippen LogP contribution in [-0.2, 0) is 20.7 Å². The molecule has 2 rings (SSSR count). The van der Waals surface area contributed by atoms with Gasteiger partial charge in [0.1, 0.15) is 5.82 Å². The number of carbonyl (C=O) groups excluding carboxylic acids is 2. The van der Waals surface area contributed by atoms with Crippen molar-refractivity contribution >= 4 is 17.6 Å². The number of methoxy groups -OCH3 is 1. The van der Waals surface area contributed by atoms with E-state index in [1.54, 1.807) is 6.07 Å². The largest absolute Gasteiger partial charge is 0.467 e. The summed E-state index contributed by atoms with van der Waals surface area (Å²) in [6.07, 6.45) is 0.779. The summed E-state index contributed by atoms with van der Waals surface area (Å²) >= 11 is 0. The summed E-state index contributed by atoms with van der Waals surface area (Å²) in [5.41, 5.74) is -0.636. The Hall–Kier alpha value is -1.95. The summed E-state index contributed by atoms with van der Waals surface area (Å²) in [7, 11) is 1.16. The van der Waals surface area contributed by atoms with E-state index < -0.39 is 17.4 Å². The predicted octanol–water partition coefficient (Wildman–Crippen LogP) is 1.03. The van der Waals surface area contributed by atoms with Gasteiger partial charge in [0, 0.05) is 12.1 Å². The quantitative estimate of drug-likeness (QED) is 0.840. The zero-order chi connectivity index (χ0) is 14.9. The van der Waals surface area contributed by atoms with Gasteiger partial charge >= 0.3 is 5.97 Å². The molecule has 1 aliphatic rings. The van der Waals surface area contributed by atoms with Gasteiger partial charge in [-0.1, -0.05) is 6.07 Å². The number of esters is 1. The number of amides is 1. The van der Waals surface area contributed by atoms with Crippen LogP contribution in [0.15, 0.2) is 18.2 Å². The molecule has 1 aromatic carbocycles. The number of β-amino-alcohol motifs (C(OH)–C–C–N with tert-alkyl or cyclic N) is 1. The van der Waals surface area contributed by atoms with E-state index in [0.717, 1.165) is 12.7 Å². The van der Waals surface area contributed by atoms with Crippen molar-refractivity contribution in [2.75, 3.05) is 18.6 Å². The van der Waals surface area contributed by atoms with Gasteiger partial charge in [-0.2, -0.15) is 0 Å². The highest BCUT2D eigenvalue weighted by atomic mass is 19.1. The normalized spacial score (nSPS) is 17.4. The maximum atomic E-state index is 13.4. The van der Waals surface area contributed by atoms with Gasteiger partial charge in [0.05, 0.1) is 13.7 Å². The highest BCUT2D eigenvalue weighted by Crippen LogP contribution is 2.30. The van der Waals surface area contributed by atoms with Crippen molar-refractivity contribution in [3.8, 4) is 0 Å². The molecule has 1 heterocycles. The summed E-state index contributed by atoms with van der Waals surface area (Å²) < 4.78 is 17.9. The molecule has 20 heavy (non-hydrogen) atoms. The molecule has 0 spiro atoms. The summed E-state index contributed by atoms with van der Waals surface area (Å²) in [4.78, 5) is 24.7. The Morgan fingerprint density at radius 3 is 2.85 bits per heavy atom. The predicted molar refractivity (Wildman–Crippen MR) is 69.7 cm³/mol. The molecule has 0 saturated heterocycles. The third-order valence-electron chi connectivity index (χ3n) is 3.34. The smallest absolute Gasteiger partial charge is 0.339 e. The summed E-state index contributed by atoms with van der Waals surface area (Å²) in [6, 6.07) is 4.17. The summed E-state index contributed by atoms with van der Waals surface area (Å²) in [6.45, 7) is 0.995. The van der Waals surface area contributed by atoms with Crippen LogP contribution in [-0.4, -0.2) is 36.2 Å². The molecule has 1 N–H and O–H groups in total. The van der Waals surface area contributed by atoms with Crippen molar-refractivity contribution in [2.45, 2.75) is 25.4 Å². The van der Waals surface area contributed by atoms with Crippen LogP contribution in [0.2, 0.25) is 0 Å². The second-order valence-corrected chi connectivity index (χ2v) is 5.02. The minimum Gasteiger partial charge on any atom is -0.467 e. The number of fused-ring (bicyclic) bond motifs is 1. The summed E-state index contributed by atoms with van der Waals surface area (Å²) in [5, 5.41) is 10.1. The van der Waals surface area contributed by atoms with E-state index in [9.17, 15) is 19.1 Å². The number of aliphatic hydroxyl groups is 1. The number of hydrogen-bond acceptors (Lipinski definition) is 4. The van der Waals surface area contributed by atoms with Crippen molar-refractivity contribution in [1.29, 1.82) is 0 Å². The number of anilines is 1. The van der Waals surface area contributed by atoms with E-state index in [0.29, 0.717) is 12.1 Å². The van der Waals surface area contributed by atoms with E-state index in [2.05, 4.69) is 4.74 Å². The number of carbonyl (C=O) groups is 2. The maximum absolute atomic E-state index is 13.4. The van der Waals surface area contributed by atoms with Gasteiger partial charge in [-0.3, -0.25) is 4.79 Å². The Morgan fingerprint density at radius 1 is 1.50 bits per heavy atom. The lowest BCUT2D eigenvalue weighted by Crippen LogP contribution is -2.50. The Labute approximate surface area is 116 Å². The Morgan fingerprint density at radius 2 is 2.20 bits per heavy atom. The van der Waals surface area contributed by atoms with Gasteiger partial charge in [0.25, 0.3) is 0 Å². The van der Waals surface area contributed by atoms with Crippen LogP contribution in [0.25, 0.3) is 0 Å². The fourth-order valence-corrected chi connectivity index (χ4v) is 2.28. The van der Waals surface area contributed by atoms with E-state index in [1.165, 1.54) is 24.0 Å². The molecule has 1 amide bonds. The van der Waals surface area contributed by atoms with Gasteiger partial charge in [0.2, 0.25) is 5.91 Å². The fraction of sp³-hybridized carbons (Fsp3) is 0.429. The van der Waals surface area contributed by atoms with Crippen LogP contribution in [0, 0.1) is 5.82 Å². The lowest BCUT2D eigenvalue weighted by Gasteiger charge is -2.33. The van der Waals surface area contributed by atoms with Crippen LogP contribution < -0.4 is 4.90 Å². The second-order valence-electron chi connectivity index (χ2n) is 5.02. The van der Waals surface area contributed by atoms with Crippen LogP contribution in [0.1, 0.15) is 18.9 Å². The number of benzene rings is 1. The number of hydrogen-bond donors (Lipinski definition) is 1. The zero-order valence-electron chi connectivity index (χ0n) is 11.4. The van der Waals surface area contributed by atoms with Gasteiger partial charge in [-0.05, 0) is 31.0 Å². The molecule has 1 unspecified atom stereocenters. The van der Waals surface area contributed by atoms with Gasteiger partial charge in [-0.25, -0.2) is 9.18 Å². The standard InChI is InChI=1S/C14H16FNO4/c1-14(19,13(18)20-2)8-16-11-7-10(15)5-3-9(11)4-6-12(16)17/h3,5,7,19H,4,6,8H2,1-2H3. The average Bonchev–Trinajstić information content (AvgIpc) is 2.41. The number of aryl methyl sites for hydroxylation is 1. The van der Waals surface area contributed by atoms with E-state index in [-0.39, 0.29) is 18.9 Å². The first-order valence-corrected chi connectivity index (χ1v) is 6.25. The number of halogens is 1. The number of rotatable bonds is 3. The molecule has 108 valence electrons. The molecule has 6 heteroatoms. The highest BCUT2D eigenvalue weighted by molar-refractivity contribution is 5.97. The van der Waals surface area contributed by atoms with Crippen molar-refractivity contribution in [3.05, 3.63) is 29.6 Å². The Kier molecular flexibility index (Phi) is 3.76. The molecule has 0 fully saturated rings. The monoisotopic (exact) mass is 281 g/mol. The van der Waals surface area contributed by atoms with E-state index in [4.69, 9.17) is 0 Å². The van der Waals surface area contributed by atoms with Crippen LogP contribution in [0.3, 0.4) is 0 Å². The first-order chi connectivity index (χ1) is 9.35. The van der Waals surface area contributed by atoms with Gasteiger partial charge < -0.3 is 14.7 Å². The molecular weight excluding hydrogens is 265 g/mol. The van der Waals surface area contributed by atoms with Crippen LogP contribution >= 0.6 is 0 Å². The lowest BCUT2D eigenvalue weighted by molar-refractivity contribution is -0.159. The number of ether oxygens (including phenoxy) is 1. The maximum Gasteiger partial charge on any atom is 0.339 e. The van der Waals surface area contributed by atoms with Crippen LogP contribution in [0.5, 0.6) is 0 Å². The molecule has 0 saturated carbocycles. The fourth-order valence-electron chi connectivity index (χ4n) is 2.28. The summed E-state index contributed by atoms with van der Waals surface area (Å²) in [5.74, 6) is -1.57. The van der Waals surface area contributed by atoms with Crippen LogP contribution in [0.4, 0.5) is 10.1 Å². The lowest BCUT2D eigenvalue weighted by atomic mass is 9.98. The number of nitrogens with zero attached hydrogens (tertiary/aromatic N) is 1. The zero-order valence-corrected chi connectivity index (χ0v) is 11.4. The van der Waals surface area contributed by atoms with Crippen molar-refractivity contribution < 1.29 is 23.8 Å². The van der Waals surface area contributed by atoms with Gasteiger partial charge in [-0.15, -0.1) is 0 Å². The van der Waals surface area contributed by atoms with Crippen molar-refractivity contribution in [2.24, 2.45) is 0 Å². The topological polar surface area (TPSA) is 66.8 Å². The third-order valence-corrected chi connectivity index (χ3v) is 3.34. The van der Waals surface area contributed by atoms with Crippen molar-refractivity contribution in [3.63, 3.8) is 0 Å². The molecule has 0 bridgehead atoms. The van der Waals surface area contributed by atoms with E-state index in [1.807, 2.05) is 0 Å². The SMILES string of the molecule is COC(=O)C(C)(O)CN1C(=O)CCc2ccc(F)cc21. The molecule has 1 aromatic rings. The molecule has 0 aliphatic carbocycles. The Balaban J connectivity index is 2.35. The average molecular weight is 281 g/mol. The van der Waals surface area contributed by atoms with E-state index >= 15 is 0 Å². The minimum atomic E-state index is -1.84. The molecule has 1 aliphatic heterocycles. The minimum absolute atomic E-state index is 0.257. The third kappa shape index (κ3) is 2.65. The molecular formula is C14H16FNO4. The Bertz CT molecular complexity index is 556. The highest BCUT2D eigenvalue weighted by Gasteiger charge is 2.37.